The SMILES string of the molecule is CCOC(=O)c1nc(-c2cccnc2)c(C)[nH]1. The van der Waals surface area contributed by atoms with Gasteiger partial charge in [-0.05, 0) is 26.0 Å². The lowest BCUT2D eigenvalue weighted by atomic mass is 10.2. The number of hydrogen-bond donors (Lipinski definition) is 1. The standard InChI is InChI=1S/C12H13N3O2/c1-3-17-12(16)11-14-8(2)10(15-11)9-5-4-6-13-7-9/h4-7H,3H2,1-2H3,(H,14,15). The summed E-state index contributed by atoms with van der Waals surface area (Å²) in [7, 11) is 0. The van der Waals surface area contributed by atoms with Crippen molar-refractivity contribution in [3.8, 4) is 11.3 Å². The van der Waals surface area contributed by atoms with Crippen LogP contribution in [0.2, 0.25) is 0 Å². The first kappa shape index (κ1) is 11.3. The van der Waals surface area contributed by atoms with Crippen molar-refractivity contribution in [1.29, 1.82) is 0 Å². The zero-order valence-corrected chi connectivity index (χ0v) is 9.73. The molecule has 2 aromatic rings. The molecule has 0 saturated carbocycles. The Morgan fingerprint density at radius 3 is 3.00 bits per heavy atom. The van der Waals surface area contributed by atoms with Crippen LogP contribution in [-0.2, 0) is 4.74 Å². The highest BCUT2D eigenvalue weighted by Crippen LogP contribution is 2.19. The number of aromatic nitrogens is 3. The number of esters is 1. The number of pyridine rings is 1. The molecule has 5 nitrogen and oxygen atoms in total. The fourth-order valence-corrected chi connectivity index (χ4v) is 1.54. The van der Waals surface area contributed by atoms with Gasteiger partial charge in [-0.1, -0.05) is 0 Å². The third-order valence-corrected chi connectivity index (χ3v) is 2.29. The molecule has 2 heterocycles. The number of carbonyl (C=O) groups is 1. The number of aromatic amines is 1. The molecule has 88 valence electrons. The lowest BCUT2D eigenvalue weighted by molar-refractivity contribution is 0.0513. The monoisotopic (exact) mass is 231 g/mol. The van der Waals surface area contributed by atoms with Crippen molar-refractivity contribution in [3.63, 3.8) is 0 Å². The molecule has 0 aliphatic rings. The van der Waals surface area contributed by atoms with Crippen molar-refractivity contribution in [1.82, 2.24) is 15.0 Å². The van der Waals surface area contributed by atoms with Crippen molar-refractivity contribution in [2.75, 3.05) is 6.61 Å². The third-order valence-electron chi connectivity index (χ3n) is 2.29. The average molecular weight is 231 g/mol. The van der Waals surface area contributed by atoms with Gasteiger partial charge in [-0.2, -0.15) is 0 Å². The van der Waals surface area contributed by atoms with E-state index in [1.54, 1.807) is 19.3 Å². The van der Waals surface area contributed by atoms with Crippen LogP contribution >= 0.6 is 0 Å². The van der Waals surface area contributed by atoms with E-state index in [1.807, 2.05) is 19.1 Å². The average Bonchev–Trinajstić information content (AvgIpc) is 2.73. The van der Waals surface area contributed by atoms with Gasteiger partial charge < -0.3 is 9.72 Å². The molecule has 0 fully saturated rings. The van der Waals surface area contributed by atoms with E-state index in [9.17, 15) is 4.79 Å². The van der Waals surface area contributed by atoms with E-state index < -0.39 is 5.97 Å². The van der Waals surface area contributed by atoms with Crippen molar-refractivity contribution in [2.45, 2.75) is 13.8 Å². The summed E-state index contributed by atoms with van der Waals surface area (Å²) in [4.78, 5) is 22.7. The van der Waals surface area contributed by atoms with E-state index >= 15 is 0 Å². The molecule has 2 rings (SSSR count). The molecule has 0 bridgehead atoms. The molecule has 0 unspecified atom stereocenters. The minimum absolute atomic E-state index is 0.225. The van der Waals surface area contributed by atoms with Gasteiger partial charge >= 0.3 is 5.97 Å². The Bertz CT molecular complexity index is 520. The van der Waals surface area contributed by atoms with Gasteiger partial charge in [0.25, 0.3) is 0 Å². The molecule has 0 atom stereocenters. The maximum atomic E-state index is 11.5. The van der Waals surface area contributed by atoms with E-state index in [2.05, 4.69) is 15.0 Å². The highest BCUT2D eigenvalue weighted by atomic mass is 16.5. The van der Waals surface area contributed by atoms with Crippen LogP contribution in [0.25, 0.3) is 11.3 Å². The van der Waals surface area contributed by atoms with Gasteiger partial charge in [0.05, 0.1) is 12.3 Å². The van der Waals surface area contributed by atoms with E-state index in [-0.39, 0.29) is 5.82 Å². The second-order valence-corrected chi connectivity index (χ2v) is 3.52. The maximum Gasteiger partial charge on any atom is 0.374 e. The number of H-pyrrole nitrogens is 1. The van der Waals surface area contributed by atoms with Crippen molar-refractivity contribution < 1.29 is 9.53 Å². The van der Waals surface area contributed by atoms with E-state index in [0.717, 1.165) is 17.0 Å². The lowest BCUT2D eigenvalue weighted by Gasteiger charge is -1.96. The van der Waals surface area contributed by atoms with Crippen LogP contribution in [0.1, 0.15) is 23.2 Å². The zero-order valence-electron chi connectivity index (χ0n) is 9.73. The topological polar surface area (TPSA) is 67.9 Å². The van der Waals surface area contributed by atoms with Gasteiger partial charge in [-0.3, -0.25) is 4.98 Å². The summed E-state index contributed by atoms with van der Waals surface area (Å²) < 4.78 is 4.88. The minimum atomic E-state index is -0.439. The van der Waals surface area contributed by atoms with Crippen LogP contribution < -0.4 is 0 Å². The fourth-order valence-electron chi connectivity index (χ4n) is 1.54. The summed E-state index contributed by atoms with van der Waals surface area (Å²) in [6.45, 7) is 3.95. The van der Waals surface area contributed by atoms with E-state index in [0.29, 0.717) is 6.61 Å². The molecule has 2 aromatic heterocycles. The summed E-state index contributed by atoms with van der Waals surface area (Å²) in [5.41, 5.74) is 2.42. The second kappa shape index (κ2) is 4.78. The van der Waals surface area contributed by atoms with Gasteiger partial charge in [-0.15, -0.1) is 0 Å². The summed E-state index contributed by atoms with van der Waals surface area (Å²) >= 11 is 0. The molecule has 5 heteroatoms. The summed E-state index contributed by atoms with van der Waals surface area (Å²) in [5, 5.41) is 0. The van der Waals surface area contributed by atoms with Crippen molar-refractivity contribution >= 4 is 5.97 Å². The molecular weight excluding hydrogens is 218 g/mol. The molecule has 0 aliphatic carbocycles. The molecule has 1 N–H and O–H groups in total. The Balaban J connectivity index is 2.35. The highest BCUT2D eigenvalue weighted by Gasteiger charge is 2.15. The number of imidazole rings is 1. The van der Waals surface area contributed by atoms with Gasteiger partial charge in [0, 0.05) is 23.7 Å². The molecular formula is C12H13N3O2. The molecule has 0 aliphatic heterocycles. The number of ether oxygens (including phenoxy) is 1. The van der Waals surface area contributed by atoms with Crippen LogP contribution in [0, 0.1) is 6.92 Å². The Morgan fingerprint density at radius 1 is 1.53 bits per heavy atom. The first-order valence-electron chi connectivity index (χ1n) is 5.36. The van der Waals surface area contributed by atoms with E-state index in [4.69, 9.17) is 4.74 Å². The van der Waals surface area contributed by atoms with Crippen LogP contribution in [0.15, 0.2) is 24.5 Å². The fraction of sp³-hybridized carbons (Fsp3) is 0.250. The number of aryl methyl sites for hydroxylation is 1. The van der Waals surface area contributed by atoms with Gasteiger partial charge in [0.15, 0.2) is 0 Å². The minimum Gasteiger partial charge on any atom is -0.460 e. The first-order chi connectivity index (χ1) is 8.22. The largest absolute Gasteiger partial charge is 0.460 e. The first-order valence-corrected chi connectivity index (χ1v) is 5.36. The van der Waals surface area contributed by atoms with Gasteiger partial charge in [0.1, 0.15) is 0 Å². The predicted molar refractivity (Wildman–Crippen MR) is 62.5 cm³/mol. The summed E-state index contributed by atoms with van der Waals surface area (Å²) in [5.74, 6) is -0.214. The third kappa shape index (κ3) is 2.33. The lowest BCUT2D eigenvalue weighted by Crippen LogP contribution is -2.06. The molecule has 17 heavy (non-hydrogen) atoms. The van der Waals surface area contributed by atoms with E-state index in [1.165, 1.54) is 0 Å². The number of nitrogens with one attached hydrogen (secondary N) is 1. The highest BCUT2D eigenvalue weighted by molar-refractivity contribution is 5.86. The smallest absolute Gasteiger partial charge is 0.374 e. The van der Waals surface area contributed by atoms with Crippen LogP contribution in [0.4, 0.5) is 0 Å². The van der Waals surface area contributed by atoms with Gasteiger partial charge in [0.2, 0.25) is 5.82 Å². The van der Waals surface area contributed by atoms with Gasteiger partial charge in [-0.25, -0.2) is 9.78 Å². The Labute approximate surface area is 98.9 Å². The van der Waals surface area contributed by atoms with Crippen LogP contribution in [-0.4, -0.2) is 27.5 Å². The Hall–Kier alpha value is -2.17. The summed E-state index contributed by atoms with van der Waals surface area (Å²) in [6.07, 6.45) is 3.40. The molecule has 0 saturated heterocycles. The molecule has 0 amide bonds. The predicted octanol–water partition coefficient (Wildman–Crippen LogP) is 1.96. The number of nitrogens with zero attached hydrogens (tertiary/aromatic N) is 2. The number of carbonyl (C=O) groups excluding carboxylic acids is 1. The zero-order chi connectivity index (χ0) is 12.3. The van der Waals surface area contributed by atoms with Crippen molar-refractivity contribution in [2.24, 2.45) is 0 Å². The molecule has 0 radical (unpaired) electrons. The van der Waals surface area contributed by atoms with Crippen LogP contribution in [0.3, 0.4) is 0 Å². The Morgan fingerprint density at radius 2 is 2.35 bits per heavy atom. The number of hydrogen-bond acceptors (Lipinski definition) is 4. The summed E-state index contributed by atoms with van der Waals surface area (Å²) in [6, 6.07) is 3.72. The van der Waals surface area contributed by atoms with Crippen LogP contribution in [0.5, 0.6) is 0 Å². The van der Waals surface area contributed by atoms with Crippen molar-refractivity contribution in [3.05, 3.63) is 36.0 Å². The quantitative estimate of drug-likeness (QED) is 0.820. The Kier molecular flexibility index (Phi) is 3.18. The molecule has 0 spiro atoms. The normalized spacial score (nSPS) is 10.2. The second-order valence-electron chi connectivity index (χ2n) is 3.52. The maximum absolute atomic E-state index is 11.5. The molecule has 0 aromatic carbocycles. The number of rotatable bonds is 3.